The van der Waals surface area contributed by atoms with Gasteiger partial charge in [0, 0.05) is 42.9 Å². The highest BCUT2D eigenvalue weighted by atomic mass is 35.5. The Kier molecular flexibility index (Phi) is 6.09. The van der Waals surface area contributed by atoms with Gasteiger partial charge in [-0.1, -0.05) is 23.7 Å². The van der Waals surface area contributed by atoms with E-state index in [9.17, 15) is 4.79 Å². The largest absolute Gasteiger partial charge is 0.378 e. The van der Waals surface area contributed by atoms with Crippen LogP contribution < -0.4 is 10.2 Å². The van der Waals surface area contributed by atoms with Crippen LogP contribution in [0.4, 0.5) is 11.4 Å². The molecule has 0 aliphatic heterocycles. The second kappa shape index (κ2) is 8.69. The Hall–Kier alpha value is -2.85. The van der Waals surface area contributed by atoms with E-state index >= 15 is 0 Å². The number of halogens is 1. The van der Waals surface area contributed by atoms with Crippen LogP contribution in [0.15, 0.2) is 73.1 Å². The lowest BCUT2D eigenvalue weighted by atomic mass is 9.91. The van der Waals surface area contributed by atoms with Gasteiger partial charge < -0.3 is 10.2 Å². The second-order valence-corrected chi connectivity index (χ2v) is 7.03. The van der Waals surface area contributed by atoms with Crippen LogP contribution in [-0.2, 0) is 11.2 Å². The lowest BCUT2D eigenvalue weighted by Crippen LogP contribution is -2.23. The van der Waals surface area contributed by atoms with E-state index in [1.54, 1.807) is 12.4 Å². The maximum atomic E-state index is 13.1. The van der Waals surface area contributed by atoms with Gasteiger partial charge in [0.05, 0.1) is 5.92 Å². The van der Waals surface area contributed by atoms with Gasteiger partial charge in [0.25, 0.3) is 0 Å². The number of hydrogen-bond acceptors (Lipinski definition) is 3. The van der Waals surface area contributed by atoms with Crippen molar-refractivity contribution in [2.24, 2.45) is 0 Å². The van der Waals surface area contributed by atoms with Gasteiger partial charge in [0.2, 0.25) is 5.91 Å². The highest BCUT2D eigenvalue weighted by Crippen LogP contribution is 2.25. The van der Waals surface area contributed by atoms with Crippen LogP contribution in [0.3, 0.4) is 0 Å². The molecule has 2 aromatic carbocycles. The molecule has 1 atom stereocenters. The number of amides is 1. The van der Waals surface area contributed by atoms with Crippen molar-refractivity contribution in [2.45, 2.75) is 12.3 Å². The number of anilines is 2. The van der Waals surface area contributed by atoms with Gasteiger partial charge in [-0.25, -0.2) is 0 Å². The summed E-state index contributed by atoms with van der Waals surface area (Å²) in [6, 6.07) is 19.1. The fraction of sp³-hybridized carbons (Fsp3) is 0.182. The first-order chi connectivity index (χ1) is 13.0. The second-order valence-electron chi connectivity index (χ2n) is 6.59. The van der Waals surface area contributed by atoms with E-state index in [4.69, 9.17) is 11.6 Å². The zero-order chi connectivity index (χ0) is 19.2. The minimum absolute atomic E-state index is 0.0493. The molecule has 1 unspecified atom stereocenters. The number of carbonyl (C=O) groups excluding carboxylic acids is 1. The van der Waals surface area contributed by atoms with Crippen LogP contribution in [-0.4, -0.2) is 25.0 Å². The van der Waals surface area contributed by atoms with Crippen molar-refractivity contribution in [1.29, 1.82) is 0 Å². The molecule has 0 saturated carbocycles. The summed E-state index contributed by atoms with van der Waals surface area (Å²) >= 11 is 6.01. The molecular formula is C22H22ClN3O. The van der Waals surface area contributed by atoms with Crippen molar-refractivity contribution >= 4 is 28.9 Å². The molecule has 0 aliphatic carbocycles. The summed E-state index contributed by atoms with van der Waals surface area (Å²) in [5.41, 5.74) is 3.85. The molecule has 0 radical (unpaired) electrons. The molecule has 0 aliphatic rings. The SMILES string of the molecule is CN(C)c1ccc(NC(=O)C(Cc2ccncc2)c2ccc(Cl)cc2)cc1. The lowest BCUT2D eigenvalue weighted by Gasteiger charge is -2.18. The molecule has 0 spiro atoms. The lowest BCUT2D eigenvalue weighted by molar-refractivity contribution is -0.117. The van der Waals surface area contributed by atoms with Crippen LogP contribution in [0.25, 0.3) is 0 Å². The molecule has 0 saturated heterocycles. The van der Waals surface area contributed by atoms with Crippen LogP contribution in [0.2, 0.25) is 5.02 Å². The molecule has 4 nitrogen and oxygen atoms in total. The molecule has 27 heavy (non-hydrogen) atoms. The summed E-state index contributed by atoms with van der Waals surface area (Å²) in [7, 11) is 3.97. The van der Waals surface area contributed by atoms with Gasteiger partial charge in [-0.05, 0) is 66.1 Å². The maximum Gasteiger partial charge on any atom is 0.232 e. The quantitative estimate of drug-likeness (QED) is 0.671. The van der Waals surface area contributed by atoms with Gasteiger partial charge in [-0.2, -0.15) is 0 Å². The highest BCUT2D eigenvalue weighted by molar-refractivity contribution is 6.30. The predicted octanol–water partition coefficient (Wildman–Crippen LogP) is 4.77. The number of pyridine rings is 1. The van der Waals surface area contributed by atoms with E-state index in [1.165, 1.54) is 0 Å². The number of nitrogens with zero attached hydrogens (tertiary/aromatic N) is 2. The van der Waals surface area contributed by atoms with Crippen LogP contribution >= 0.6 is 11.6 Å². The maximum absolute atomic E-state index is 13.1. The van der Waals surface area contributed by atoms with Crippen molar-refractivity contribution in [3.05, 3.63) is 89.2 Å². The van der Waals surface area contributed by atoms with Gasteiger partial charge in [0.15, 0.2) is 0 Å². The fourth-order valence-corrected chi connectivity index (χ4v) is 3.01. The molecule has 3 rings (SSSR count). The van der Waals surface area contributed by atoms with Gasteiger partial charge in [0.1, 0.15) is 0 Å². The molecule has 138 valence electrons. The molecule has 1 amide bonds. The third-order valence-electron chi connectivity index (χ3n) is 4.43. The van der Waals surface area contributed by atoms with Gasteiger partial charge in [-0.3, -0.25) is 9.78 Å². The van der Waals surface area contributed by atoms with E-state index in [-0.39, 0.29) is 11.8 Å². The number of hydrogen-bond donors (Lipinski definition) is 1. The molecule has 0 bridgehead atoms. The third kappa shape index (κ3) is 5.08. The fourth-order valence-electron chi connectivity index (χ4n) is 2.88. The monoisotopic (exact) mass is 379 g/mol. The number of carbonyl (C=O) groups is 1. The number of rotatable bonds is 6. The average Bonchev–Trinajstić information content (AvgIpc) is 2.68. The molecular weight excluding hydrogens is 358 g/mol. The minimum Gasteiger partial charge on any atom is -0.378 e. The smallest absolute Gasteiger partial charge is 0.232 e. The van der Waals surface area contributed by atoms with E-state index in [0.29, 0.717) is 11.4 Å². The highest BCUT2D eigenvalue weighted by Gasteiger charge is 2.21. The first-order valence-corrected chi connectivity index (χ1v) is 9.13. The molecule has 5 heteroatoms. The van der Waals surface area contributed by atoms with Gasteiger partial charge >= 0.3 is 0 Å². The average molecular weight is 380 g/mol. The normalized spacial score (nSPS) is 11.7. The van der Waals surface area contributed by atoms with Crippen LogP contribution in [0.5, 0.6) is 0 Å². The van der Waals surface area contributed by atoms with E-state index < -0.39 is 0 Å². The van der Waals surface area contributed by atoms with Crippen molar-refractivity contribution in [3.63, 3.8) is 0 Å². The molecule has 1 heterocycles. The Bertz CT molecular complexity index is 878. The summed E-state index contributed by atoms with van der Waals surface area (Å²) in [5, 5.41) is 3.69. The zero-order valence-corrected chi connectivity index (χ0v) is 16.1. The van der Waals surface area contributed by atoms with Gasteiger partial charge in [-0.15, -0.1) is 0 Å². The topological polar surface area (TPSA) is 45.2 Å². The molecule has 3 aromatic rings. The molecule has 1 aromatic heterocycles. The Balaban J connectivity index is 1.82. The number of nitrogens with one attached hydrogen (secondary N) is 1. The van der Waals surface area contributed by atoms with E-state index in [0.717, 1.165) is 22.5 Å². The molecule has 0 fully saturated rings. The summed E-state index contributed by atoms with van der Waals surface area (Å²) < 4.78 is 0. The van der Waals surface area contributed by atoms with Crippen molar-refractivity contribution in [1.82, 2.24) is 4.98 Å². The van der Waals surface area contributed by atoms with E-state index in [1.807, 2.05) is 79.7 Å². The summed E-state index contributed by atoms with van der Waals surface area (Å²) in [5.74, 6) is -0.370. The standard InChI is InChI=1S/C22H22ClN3O/c1-26(2)20-9-7-19(8-10-20)25-22(27)21(15-16-11-13-24-14-12-16)17-3-5-18(23)6-4-17/h3-14,21H,15H2,1-2H3,(H,25,27). The Morgan fingerprint density at radius 3 is 2.22 bits per heavy atom. The molecule has 1 N–H and O–H groups in total. The predicted molar refractivity (Wildman–Crippen MR) is 112 cm³/mol. The summed E-state index contributed by atoms with van der Waals surface area (Å²) in [4.78, 5) is 19.1. The van der Waals surface area contributed by atoms with Crippen LogP contribution in [0.1, 0.15) is 17.0 Å². The minimum atomic E-state index is -0.321. The van der Waals surface area contributed by atoms with Crippen molar-refractivity contribution < 1.29 is 4.79 Å². The Morgan fingerprint density at radius 2 is 1.63 bits per heavy atom. The van der Waals surface area contributed by atoms with E-state index in [2.05, 4.69) is 10.3 Å². The van der Waals surface area contributed by atoms with Crippen molar-refractivity contribution in [2.75, 3.05) is 24.3 Å². The number of benzene rings is 2. The first-order valence-electron chi connectivity index (χ1n) is 8.75. The third-order valence-corrected chi connectivity index (χ3v) is 4.68. The summed E-state index contributed by atoms with van der Waals surface area (Å²) in [6.45, 7) is 0. The number of aromatic nitrogens is 1. The summed E-state index contributed by atoms with van der Waals surface area (Å²) in [6.07, 6.45) is 4.07. The Labute approximate surface area is 164 Å². The first kappa shape index (κ1) is 18.9. The van der Waals surface area contributed by atoms with Crippen molar-refractivity contribution in [3.8, 4) is 0 Å². The zero-order valence-electron chi connectivity index (χ0n) is 15.4. The Morgan fingerprint density at radius 1 is 1.00 bits per heavy atom. The van der Waals surface area contributed by atoms with Crippen LogP contribution in [0, 0.1) is 0 Å².